The predicted molar refractivity (Wildman–Crippen MR) is 138 cm³/mol. The van der Waals surface area contributed by atoms with Gasteiger partial charge in [0.1, 0.15) is 29.7 Å². The maximum absolute atomic E-state index is 12.6. The zero-order valence-corrected chi connectivity index (χ0v) is 21.6. The highest BCUT2D eigenvalue weighted by atomic mass is 79.9. The quantitative estimate of drug-likeness (QED) is 0.133. The van der Waals surface area contributed by atoms with Crippen LogP contribution < -0.4 is 10.1 Å². The maximum atomic E-state index is 12.6. The minimum absolute atomic E-state index is 0.00931. The summed E-state index contributed by atoms with van der Waals surface area (Å²) in [5.41, 5.74) is 1.69. The van der Waals surface area contributed by atoms with Crippen molar-refractivity contribution in [3.8, 4) is 11.8 Å². The van der Waals surface area contributed by atoms with Crippen LogP contribution in [0.2, 0.25) is 5.02 Å². The molecule has 3 rings (SSSR count). The maximum Gasteiger partial charge on any atom is 0.293 e. The molecule has 0 aliphatic rings. The van der Waals surface area contributed by atoms with Crippen LogP contribution in [-0.2, 0) is 11.4 Å². The molecular weight excluding hydrogens is 590 g/mol. The second-order valence-electron chi connectivity index (χ2n) is 7.13. The first-order chi connectivity index (χ1) is 16.2. The van der Waals surface area contributed by atoms with Crippen molar-refractivity contribution in [2.24, 2.45) is 0 Å². The van der Waals surface area contributed by atoms with Crippen LogP contribution >= 0.6 is 43.5 Å². The Morgan fingerprint density at radius 1 is 1.18 bits per heavy atom. The van der Waals surface area contributed by atoms with Gasteiger partial charge in [-0.05, 0) is 91.9 Å². The molecule has 1 N–H and O–H groups in total. The van der Waals surface area contributed by atoms with Gasteiger partial charge in [-0.25, -0.2) is 0 Å². The Balaban J connectivity index is 1.80. The fourth-order valence-electron chi connectivity index (χ4n) is 2.94. The number of nitriles is 1. The van der Waals surface area contributed by atoms with Crippen molar-refractivity contribution in [2.45, 2.75) is 13.5 Å². The third-order valence-electron chi connectivity index (χ3n) is 4.59. The van der Waals surface area contributed by atoms with E-state index >= 15 is 0 Å². The molecule has 0 aliphatic carbocycles. The van der Waals surface area contributed by atoms with Crippen LogP contribution in [0.25, 0.3) is 6.08 Å². The van der Waals surface area contributed by atoms with Crippen LogP contribution in [-0.4, -0.2) is 10.8 Å². The molecule has 0 atom stereocenters. The number of rotatable bonds is 7. The number of nitrogens with one attached hydrogen (secondary N) is 1. The molecular formula is C24H16Br2ClN3O4. The summed E-state index contributed by atoms with van der Waals surface area (Å²) in [7, 11) is 0. The summed E-state index contributed by atoms with van der Waals surface area (Å²) in [6, 6.07) is 16.9. The first kappa shape index (κ1) is 25.4. The van der Waals surface area contributed by atoms with E-state index in [0.29, 0.717) is 37.5 Å². The Hall–Kier alpha value is -3.19. The van der Waals surface area contributed by atoms with E-state index in [9.17, 15) is 20.2 Å². The van der Waals surface area contributed by atoms with Gasteiger partial charge >= 0.3 is 0 Å². The van der Waals surface area contributed by atoms with E-state index in [-0.39, 0.29) is 16.9 Å². The predicted octanol–water partition coefficient (Wildman–Crippen LogP) is 7.21. The standard InChI is InChI=1S/C24H16Br2ClN3O4/c1-14-2-7-21(22(8-14)30(32)33)29-24(31)17(12-28)9-16-10-19(25)23(20(26)11-16)34-13-15-3-5-18(27)6-4-15/h2-11H,13H2,1H3,(H,29,31)/b17-9+. The molecule has 7 nitrogen and oxygen atoms in total. The summed E-state index contributed by atoms with van der Waals surface area (Å²) in [6.45, 7) is 2.02. The highest BCUT2D eigenvalue weighted by Crippen LogP contribution is 2.36. The number of amides is 1. The lowest BCUT2D eigenvalue weighted by molar-refractivity contribution is -0.384. The summed E-state index contributed by atoms with van der Waals surface area (Å²) in [6.07, 6.45) is 1.38. The third-order valence-corrected chi connectivity index (χ3v) is 6.02. The summed E-state index contributed by atoms with van der Waals surface area (Å²) < 4.78 is 7.10. The SMILES string of the molecule is Cc1ccc(NC(=O)/C(C#N)=C/c2cc(Br)c(OCc3ccc(Cl)cc3)c(Br)c2)c([N+](=O)[O-])c1. The van der Waals surface area contributed by atoms with Crippen LogP contribution in [0.4, 0.5) is 11.4 Å². The van der Waals surface area contributed by atoms with Gasteiger partial charge in [-0.2, -0.15) is 5.26 Å². The van der Waals surface area contributed by atoms with E-state index < -0.39 is 10.8 Å². The van der Waals surface area contributed by atoms with Crippen LogP contribution in [0.3, 0.4) is 0 Å². The van der Waals surface area contributed by atoms with Crippen LogP contribution in [0, 0.1) is 28.4 Å². The van der Waals surface area contributed by atoms with Gasteiger partial charge in [0.25, 0.3) is 11.6 Å². The average molecular weight is 606 g/mol. The van der Waals surface area contributed by atoms with E-state index in [1.165, 1.54) is 18.2 Å². The number of anilines is 1. The first-order valence-electron chi connectivity index (χ1n) is 9.72. The van der Waals surface area contributed by atoms with Crippen molar-refractivity contribution in [3.63, 3.8) is 0 Å². The minimum atomic E-state index is -0.759. The Labute approximate surface area is 217 Å². The van der Waals surface area contributed by atoms with E-state index in [1.807, 2.05) is 18.2 Å². The molecule has 0 aromatic heterocycles. The summed E-state index contributed by atoms with van der Waals surface area (Å²) in [5, 5.41) is 23.9. The number of ether oxygens (including phenoxy) is 1. The number of nitro benzene ring substituents is 1. The van der Waals surface area contributed by atoms with Gasteiger partial charge in [-0.15, -0.1) is 0 Å². The Morgan fingerprint density at radius 2 is 1.82 bits per heavy atom. The molecule has 172 valence electrons. The molecule has 3 aromatic carbocycles. The largest absolute Gasteiger partial charge is 0.487 e. The molecule has 0 saturated carbocycles. The van der Waals surface area contributed by atoms with Crippen molar-refractivity contribution in [1.82, 2.24) is 0 Å². The Morgan fingerprint density at radius 3 is 2.41 bits per heavy atom. The van der Waals surface area contributed by atoms with Crippen LogP contribution in [0.15, 0.2) is 69.1 Å². The number of carbonyl (C=O) groups excluding carboxylic acids is 1. The molecule has 0 fully saturated rings. The zero-order valence-electron chi connectivity index (χ0n) is 17.6. The van der Waals surface area contributed by atoms with E-state index in [0.717, 1.165) is 5.56 Å². The molecule has 34 heavy (non-hydrogen) atoms. The number of carbonyl (C=O) groups is 1. The number of halogens is 3. The summed E-state index contributed by atoms with van der Waals surface area (Å²) >= 11 is 12.8. The molecule has 0 saturated heterocycles. The molecule has 0 unspecified atom stereocenters. The van der Waals surface area contributed by atoms with Crippen LogP contribution in [0.1, 0.15) is 16.7 Å². The number of aryl methyl sites for hydroxylation is 1. The first-order valence-corrected chi connectivity index (χ1v) is 11.7. The average Bonchev–Trinajstić information content (AvgIpc) is 2.79. The van der Waals surface area contributed by atoms with Gasteiger partial charge in [-0.1, -0.05) is 29.8 Å². The zero-order chi connectivity index (χ0) is 24.8. The fraction of sp³-hybridized carbons (Fsp3) is 0.0833. The summed E-state index contributed by atoms with van der Waals surface area (Å²) in [4.78, 5) is 23.4. The molecule has 0 bridgehead atoms. The smallest absolute Gasteiger partial charge is 0.293 e. The molecule has 10 heteroatoms. The molecule has 0 radical (unpaired) electrons. The topological polar surface area (TPSA) is 105 Å². The monoisotopic (exact) mass is 603 g/mol. The van der Waals surface area contributed by atoms with Gasteiger partial charge in [0.15, 0.2) is 0 Å². The summed E-state index contributed by atoms with van der Waals surface area (Å²) in [5.74, 6) is -0.213. The van der Waals surface area contributed by atoms with Gasteiger partial charge < -0.3 is 10.1 Å². The molecule has 0 aliphatic heterocycles. The second kappa shape index (κ2) is 11.3. The molecule has 1 amide bonds. The fourth-order valence-corrected chi connectivity index (χ4v) is 4.52. The molecule has 0 heterocycles. The van der Waals surface area contributed by atoms with E-state index in [1.54, 1.807) is 37.3 Å². The number of nitro groups is 1. The van der Waals surface area contributed by atoms with E-state index in [2.05, 4.69) is 37.2 Å². The lowest BCUT2D eigenvalue weighted by Gasteiger charge is -2.12. The third kappa shape index (κ3) is 6.44. The van der Waals surface area contributed by atoms with Crippen LogP contribution in [0.5, 0.6) is 5.75 Å². The lowest BCUT2D eigenvalue weighted by atomic mass is 10.1. The van der Waals surface area contributed by atoms with Gasteiger partial charge in [-0.3, -0.25) is 14.9 Å². The Kier molecular flexibility index (Phi) is 8.45. The highest BCUT2D eigenvalue weighted by Gasteiger charge is 2.18. The highest BCUT2D eigenvalue weighted by molar-refractivity contribution is 9.11. The second-order valence-corrected chi connectivity index (χ2v) is 9.28. The van der Waals surface area contributed by atoms with Crippen molar-refractivity contribution in [1.29, 1.82) is 5.26 Å². The molecule has 0 spiro atoms. The van der Waals surface area contributed by atoms with Crippen molar-refractivity contribution in [3.05, 3.63) is 101 Å². The lowest BCUT2D eigenvalue weighted by Crippen LogP contribution is -2.14. The van der Waals surface area contributed by atoms with Crippen molar-refractivity contribution in [2.75, 3.05) is 5.32 Å². The minimum Gasteiger partial charge on any atom is -0.487 e. The van der Waals surface area contributed by atoms with Gasteiger partial charge in [0, 0.05) is 11.1 Å². The van der Waals surface area contributed by atoms with E-state index in [4.69, 9.17) is 16.3 Å². The van der Waals surface area contributed by atoms with Crippen molar-refractivity contribution >= 4 is 66.8 Å². The van der Waals surface area contributed by atoms with Gasteiger partial charge in [0.05, 0.1) is 13.9 Å². The number of benzene rings is 3. The Bertz CT molecular complexity index is 1310. The number of hydrogen-bond acceptors (Lipinski definition) is 5. The number of hydrogen-bond donors (Lipinski definition) is 1. The normalized spacial score (nSPS) is 11.0. The van der Waals surface area contributed by atoms with Crippen molar-refractivity contribution < 1.29 is 14.5 Å². The molecule has 3 aromatic rings. The number of nitrogens with zero attached hydrogens (tertiary/aromatic N) is 2. The van der Waals surface area contributed by atoms with Gasteiger partial charge in [0.2, 0.25) is 0 Å².